The molecule has 58 valence electrons. The first kappa shape index (κ1) is 7.46. The molecule has 0 aromatic carbocycles. The van der Waals surface area contributed by atoms with Gasteiger partial charge >= 0.3 is 0 Å². The largest absolute Gasteiger partial charge is 0.382 e. The van der Waals surface area contributed by atoms with Crippen molar-refractivity contribution in [1.29, 1.82) is 0 Å². The second-order valence-electron chi connectivity index (χ2n) is 2.02. The zero-order valence-electron chi connectivity index (χ0n) is 5.87. The SMILES string of the molecule is C=CCc1n[nH]c(N)c1N=O. The third-order valence-corrected chi connectivity index (χ3v) is 1.27. The molecule has 11 heavy (non-hydrogen) atoms. The third kappa shape index (κ3) is 1.26. The van der Waals surface area contributed by atoms with Gasteiger partial charge in [-0.2, -0.15) is 5.10 Å². The van der Waals surface area contributed by atoms with E-state index < -0.39 is 0 Å². The number of nitrogens with zero attached hydrogens (tertiary/aromatic N) is 2. The lowest BCUT2D eigenvalue weighted by atomic mass is 10.3. The molecule has 3 N–H and O–H groups in total. The molecule has 0 unspecified atom stereocenters. The Balaban J connectivity index is 3.04. The molecule has 1 aromatic rings. The number of H-pyrrole nitrogens is 1. The fourth-order valence-corrected chi connectivity index (χ4v) is 0.770. The van der Waals surface area contributed by atoms with E-state index in [4.69, 9.17) is 5.73 Å². The molecule has 0 amide bonds. The van der Waals surface area contributed by atoms with Gasteiger partial charge in [0, 0.05) is 6.42 Å². The Kier molecular flexibility index (Phi) is 2.00. The quantitative estimate of drug-likeness (QED) is 0.502. The second-order valence-corrected chi connectivity index (χ2v) is 2.02. The maximum Gasteiger partial charge on any atom is 0.172 e. The number of allylic oxidation sites excluding steroid dienone is 1. The number of nitrogen functional groups attached to an aromatic ring is 1. The van der Waals surface area contributed by atoms with Crippen LogP contribution >= 0.6 is 0 Å². The van der Waals surface area contributed by atoms with Gasteiger partial charge in [0.2, 0.25) is 0 Å². The minimum absolute atomic E-state index is 0.185. The molecule has 0 fully saturated rings. The number of nitroso groups, excluding NO2 is 1. The second kappa shape index (κ2) is 2.96. The maximum absolute atomic E-state index is 10.2. The number of aromatic amines is 1. The molecule has 5 nitrogen and oxygen atoms in total. The van der Waals surface area contributed by atoms with Crippen molar-refractivity contribution < 1.29 is 0 Å². The van der Waals surface area contributed by atoms with Gasteiger partial charge in [-0.05, 0) is 5.18 Å². The lowest BCUT2D eigenvalue weighted by molar-refractivity contribution is 1.02. The van der Waals surface area contributed by atoms with Crippen molar-refractivity contribution in [2.24, 2.45) is 5.18 Å². The number of rotatable bonds is 3. The fraction of sp³-hybridized carbons (Fsp3) is 0.167. The number of nitrogens with one attached hydrogen (secondary N) is 1. The van der Waals surface area contributed by atoms with Crippen LogP contribution < -0.4 is 5.73 Å². The van der Waals surface area contributed by atoms with Gasteiger partial charge in [-0.15, -0.1) is 11.5 Å². The molecule has 0 aliphatic carbocycles. The lowest BCUT2D eigenvalue weighted by Gasteiger charge is -1.87. The van der Waals surface area contributed by atoms with E-state index in [9.17, 15) is 4.91 Å². The molecule has 0 aliphatic rings. The molecule has 0 saturated heterocycles. The summed E-state index contributed by atoms with van der Waals surface area (Å²) in [5.74, 6) is 0.205. The monoisotopic (exact) mass is 152 g/mol. The summed E-state index contributed by atoms with van der Waals surface area (Å²) in [6.07, 6.45) is 2.12. The lowest BCUT2D eigenvalue weighted by Crippen LogP contribution is -1.83. The predicted molar refractivity (Wildman–Crippen MR) is 42.4 cm³/mol. The van der Waals surface area contributed by atoms with Gasteiger partial charge in [0.1, 0.15) is 5.82 Å². The summed E-state index contributed by atoms with van der Waals surface area (Å²) in [4.78, 5) is 10.2. The van der Waals surface area contributed by atoms with Crippen molar-refractivity contribution in [3.63, 3.8) is 0 Å². The molecule has 1 aromatic heterocycles. The summed E-state index contributed by atoms with van der Waals surface area (Å²) in [7, 11) is 0. The maximum atomic E-state index is 10.2. The van der Waals surface area contributed by atoms with Crippen molar-refractivity contribution in [1.82, 2.24) is 10.2 Å². The van der Waals surface area contributed by atoms with Crippen LogP contribution in [0.2, 0.25) is 0 Å². The topological polar surface area (TPSA) is 84.1 Å². The Morgan fingerprint density at radius 1 is 1.82 bits per heavy atom. The molecule has 0 spiro atoms. The molecular weight excluding hydrogens is 144 g/mol. The summed E-state index contributed by atoms with van der Waals surface area (Å²) >= 11 is 0. The summed E-state index contributed by atoms with van der Waals surface area (Å²) in [5.41, 5.74) is 6.06. The fourth-order valence-electron chi connectivity index (χ4n) is 0.770. The molecular formula is C6H8N4O. The molecule has 0 bridgehead atoms. The normalized spacial score (nSPS) is 9.45. The summed E-state index contributed by atoms with van der Waals surface area (Å²) in [6.45, 7) is 3.50. The minimum Gasteiger partial charge on any atom is -0.382 e. The van der Waals surface area contributed by atoms with Crippen LogP contribution in [0.1, 0.15) is 5.69 Å². The number of nitrogens with two attached hydrogens (primary N) is 1. The van der Waals surface area contributed by atoms with Crippen LogP contribution in [0.3, 0.4) is 0 Å². The molecule has 0 atom stereocenters. The van der Waals surface area contributed by atoms with Crippen molar-refractivity contribution in [3.05, 3.63) is 23.3 Å². The van der Waals surface area contributed by atoms with Crippen LogP contribution in [-0.2, 0) is 6.42 Å². The summed E-state index contributed by atoms with van der Waals surface area (Å²) in [5, 5.41) is 8.95. The smallest absolute Gasteiger partial charge is 0.172 e. The first-order chi connectivity index (χ1) is 5.29. The van der Waals surface area contributed by atoms with Gasteiger partial charge in [0.25, 0.3) is 0 Å². The van der Waals surface area contributed by atoms with Gasteiger partial charge in [0.15, 0.2) is 5.69 Å². The summed E-state index contributed by atoms with van der Waals surface area (Å²) < 4.78 is 0. The van der Waals surface area contributed by atoms with Crippen LogP contribution in [0, 0.1) is 4.91 Å². The van der Waals surface area contributed by atoms with Crippen molar-refractivity contribution in [3.8, 4) is 0 Å². The van der Waals surface area contributed by atoms with E-state index in [0.717, 1.165) is 0 Å². The van der Waals surface area contributed by atoms with Crippen LogP contribution in [0.4, 0.5) is 11.5 Å². The first-order valence-electron chi connectivity index (χ1n) is 3.06. The van der Waals surface area contributed by atoms with E-state index in [1.54, 1.807) is 6.08 Å². The Bertz CT molecular complexity index is 278. The molecule has 0 saturated carbocycles. The highest BCUT2D eigenvalue weighted by Gasteiger charge is 2.08. The number of hydrogen-bond acceptors (Lipinski definition) is 4. The summed E-state index contributed by atoms with van der Waals surface area (Å²) in [6, 6.07) is 0. The van der Waals surface area contributed by atoms with E-state index in [2.05, 4.69) is 22.0 Å². The zero-order chi connectivity index (χ0) is 8.27. The number of hydrogen-bond donors (Lipinski definition) is 2. The Morgan fingerprint density at radius 3 is 3.09 bits per heavy atom. The van der Waals surface area contributed by atoms with E-state index in [0.29, 0.717) is 12.1 Å². The molecule has 0 radical (unpaired) electrons. The molecule has 5 heteroatoms. The van der Waals surface area contributed by atoms with Crippen LogP contribution in [0.5, 0.6) is 0 Å². The highest BCUT2D eigenvalue weighted by Crippen LogP contribution is 2.23. The van der Waals surface area contributed by atoms with E-state index >= 15 is 0 Å². The minimum atomic E-state index is 0.185. The van der Waals surface area contributed by atoms with Crippen LogP contribution in [0.25, 0.3) is 0 Å². The Morgan fingerprint density at radius 2 is 2.55 bits per heavy atom. The Labute approximate surface area is 63.3 Å². The number of aromatic nitrogens is 2. The molecule has 1 heterocycles. The predicted octanol–water partition coefficient (Wildman–Crippen LogP) is 1.12. The van der Waals surface area contributed by atoms with E-state index in [1.165, 1.54) is 0 Å². The van der Waals surface area contributed by atoms with Gasteiger partial charge in [-0.1, -0.05) is 6.08 Å². The standard InChI is InChI=1S/C6H8N4O/c1-2-3-4-5(10-11)6(7)9-8-4/h2H,1,3H2,(H3,7,8,9). The van der Waals surface area contributed by atoms with Gasteiger partial charge in [-0.25, -0.2) is 0 Å². The van der Waals surface area contributed by atoms with Crippen LogP contribution in [0.15, 0.2) is 17.8 Å². The molecule has 0 aliphatic heterocycles. The Hall–Kier alpha value is -1.65. The average Bonchev–Trinajstić information content (AvgIpc) is 2.33. The van der Waals surface area contributed by atoms with Crippen molar-refractivity contribution >= 4 is 11.5 Å². The van der Waals surface area contributed by atoms with Crippen molar-refractivity contribution in [2.75, 3.05) is 5.73 Å². The highest BCUT2D eigenvalue weighted by atomic mass is 16.3. The van der Waals surface area contributed by atoms with Crippen molar-refractivity contribution in [2.45, 2.75) is 6.42 Å². The van der Waals surface area contributed by atoms with Gasteiger partial charge < -0.3 is 5.73 Å². The van der Waals surface area contributed by atoms with E-state index in [1.807, 2.05) is 0 Å². The molecule has 1 rings (SSSR count). The van der Waals surface area contributed by atoms with Crippen LogP contribution in [-0.4, -0.2) is 10.2 Å². The first-order valence-corrected chi connectivity index (χ1v) is 3.06. The average molecular weight is 152 g/mol. The van der Waals surface area contributed by atoms with E-state index in [-0.39, 0.29) is 11.5 Å². The van der Waals surface area contributed by atoms with Gasteiger partial charge in [0.05, 0.1) is 5.69 Å². The zero-order valence-corrected chi connectivity index (χ0v) is 5.87. The number of anilines is 1. The third-order valence-electron chi connectivity index (χ3n) is 1.27. The van der Waals surface area contributed by atoms with Gasteiger partial charge in [-0.3, -0.25) is 5.10 Å². The highest BCUT2D eigenvalue weighted by molar-refractivity contribution is 5.60.